The van der Waals surface area contributed by atoms with Crippen molar-refractivity contribution in [3.8, 4) is 5.75 Å². The lowest BCUT2D eigenvalue weighted by Gasteiger charge is -2.30. The third kappa shape index (κ3) is 5.68. The first-order valence-electron chi connectivity index (χ1n) is 11.8. The number of benzene rings is 2. The summed E-state index contributed by atoms with van der Waals surface area (Å²) in [5, 5.41) is 3.03. The minimum Gasteiger partial charge on any atom is -0.494 e. The first-order chi connectivity index (χ1) is 16.0. The SMILES string of the molecule is CCOc1ccc(S(=O)(=O)N2CCC(C(=O)NCc3ccc(N4CCCC4)cc3)CC2)cc1. The van der Waals surface area contributed by atoms with E-state index < -0.39 is 10.0 Å². The molecule has 4 rings (SSSR count). The van der Waals surface area contributed by atoms with E-state index in [0.717, 1.165) is 18.7 Å². The highest BCUT2D eigenvalue weighted by Gasteiger charge is 2.32. The highest BCUT2D eigenvalue weighted by atomic mass is 32.2. The number of sulfonamides is 1. The molecule has 2 aromatic rings. The molecule has 178 valence electrons. The zero-order valence-electron chi connectivity index (χ0n) is 19.2. The van der Waals surface area contributed by atoms with Crippen LogP contribution in [0.1, 0.15) is 38.2 Å². The Morgan fingerprint density at radius 1 is 0.970 bits per heavy atom. The molecule has 0 radical (unpaired) electrons. The highest BCUT2D eigenvalue weighted by Crippen LogP contribution is 2.26. The van der Waals surface area contributed by atoms with Crippen LogP contribution in [0.5, 0.6) is 5.75 Å². The van der Waals surface area contributed by atoms with E-state index in [1.165, 1.54) is 22.8 Å². The van der Waals surface area contributed by atoms with E-state index >= 15 is 0 Å². The largest absolute Gasteiger partial charge is 0.494 e. The average molecular weight is 472 g/mol. The smallest absolute Gasteiger partial charge is 0.243 e. The fourth-order valence-corrected chi connectivity index (χ4v) is 5.99. The van der Waals surface area contributed by atoms with Gasteiger partial charge in [-0.15, -0.1) is 0 Å². The number of hydrogen-bond donors (Lipinski definition) is 1. The van der Waals surface area contributed by atoms with Crippen molar-refractivity contribution in [3.63, 3.8) is 0 Å². The molecule has 2 aromatic carbocycles. The summed E-state index contributed by atoms with van der Waals surface area (Å²) < 4.78 is 32.8. The number of piperidine rings is 1. The van der Waals surface area contributed by atoms with Gasteiger partial charge in [-0.2, -0.15) is 4.31 Å². The Labute approximate surface area is 196 Å². The van der Waals surface area contributed by atoms with Crippen LogP contribution in [-0.2, 0) is 21.4 Å². The van der Waals surface area contributed by atoms with Gasteiger partial charge in [-0.3, -0.25) is 4.79 Å². The van der Waals surface area contributed by atoms with Crippen LogP contribution in [0.2, 0.25) is 0 Å². The number of nitrogens with zero attached hydrogens (tertiary/aromatic N) is 2. The molecule has 0 unspecified atom stereocenters. The molecule has 7 nitrogen and oxygen atoms in total. The number of rotatable bonds is 8. The molecule has 0 bridgehead atoms. The maximum atomic E-state index is 12.9. The molecule has 2 aliphatic rings. The number of nitrogens with one attached hydrogen (secondary N) is 1. The Hall–Kier alpha value is -2.58. The summed E-state index contributed by atoms with van der Waals surface area (Å²) >= 11 is 0. The summed E-state index contributed by atoms with van der Waals surface area (Å²) in [5.41, 5.74) is 2.31. The van der Waals surface area contributed by atoms with Crippen LogP contribution in [0.3, 0.4) is 0 Å². The Morgan fingerprint density at radius 3 is 2.21 bits per heavy atom. The summed E-state index contributed by atoms with van der Waals surface area (Å²) in [5.74, 6) is 0.481. The number of amides is 1. The minimum atomic E-state index is -3.57. The van der Waals surface area contributed by atoms with Crippen LogP contribution in [0, 0.1) is 5.92 Å². The Morgan fingerprint density at radius 2 is 1.61 bits per heavy atom. The Balaban J connectivity index is 1.26. The molecule has 2 heterocycles. The first-order valence-corrected chi connectivity index (χ1v) is 13.3. The molecule has 33 heavy (non-hydrogen) atoms. The van der Waals surface area contributed by atoms with Gasteiger partial charge in [0, 0.05) is 44.3 Å². The average Bonchev–Trinajstić information content (AvgIpc) is 3.39. The zero-order chi connectivity index (χ0) is 23.3. The van der Waals surface area contributed by atoms with Gasteiger partial charge >= 0.3 is 0 Å². The molecule has 0 aromatic heterocycles. The minimum absolute atomic E-state index is 0.00302. The highest BCUT2D eigenvalue weighted by molar-refractivity contribution is 7.89. The van der Waals surface area contributed by atoms with Crippen LogP contribution in [0.4, 0.5) is 5.69 Å². The molecule has 1 amide bonds. The van der Waals surface area contributed by atoms with Crippen molar-refractivity contribution in [2.45, 2.75) is 44.0 Å². The second-order valence-corrected chi connectivity index (χ2v) is 10.6. The molecule has 1 N–H and O–H groups in total. The van der Waals surface area contributed by atoms with Gasteiger partial charge in [-0.25, -0.2) is 8.42 Å². The zero-order valence-corrected chi connectivity index (χ0v) is 20.0. The van der Waals surface area contributed by atoms with Gasteiger partial charge in [0.25, 0.3) is 0 Å². The summed E-state index contributed by atoms with van der Waals surface area (Å²) in [6, 6.07) is 14.9. The quantitative estimate of drug-likeness (QED) is 0.638. The fraction of sp³-hybridized carbons (Fsp3) is 0.480. The molecule has 0 saturated carbocycles. The molecule has 2 saturated heterocycles. The van der Waals surface area contributed by atoms with E-state index in [0.29, 0.717) is 44.8 Å². The van der Waals surface area contributed by atoms with Gasteiger partial charge < -0.3 is 15.0 Å². The van der Waals surface area contributed by atoms with Crippen molar-refractivity contribution in [2.75, 3.05) is 37.7 Å². The van der Waals surface area contributed by atoms with E-state index in [9.17, 15) is 13.2 Å². The van der Waals surface area contributed by atoms with Crippen molar-refractivity contribution in [1.29, 1.82) is 0 Å². The van der Waals surface area contributed by atoms with Gasteiger partial charge in [0.2, 0.25) is 15.9 Å². The number of ether oxygens (including phenoxy) is 1. The van der Waals surface area contributed by atoms with E-state index in [2.05, 4.69) is 34.5 Å². The Kier molecular flexibility index (Phi) is 7.55. The number of hydrogen-bond acceptors (Lipinski definition) is 5. The monoisotopic (exact) mass is 471 g/mol. The van der Waals surface area contributed by atoms with Gasteiger partial charge in [0.05, 0.1) is 11.5 Å². The standard InChI is InChI=1S/C25H33N3O4S/c1-2-32-23-9-11-24(12-10-23)33(30,31)28-17-13-21(14-18-28)25(29)26-19-20-5-7-22(8-6-20)27-15-3-4-16-27/h5-12,21H,2-4,13-19H2,1H3,(H,26,29). The van der Waals surface area contributed by atoms with Crippen molar-refractivity contribution in [3.05, 3.63) is 54.1 Å². The van der Waals surface area contributed by atoms with Crippen molar-refractivity contribution >= 4 is 21.6 Å². The van der Waals surface area contributed by atoms with Crippen molar-refractivity contribution < 1.29 is 17.9 Å². The summed E-state index contributed by atoms with van der Waals surface area (Å²) in [7, 11) is -3.57. The van der Waals surface area contributed by atoms with Crippen LogP contribution in [0.25, 0.3) is 0 Å². The molecule has 8 heteroatoms. The Bertz CT molecular complexity index is 1020. The maximum absolute atomic E-state index is 12.9. The maximum Gasteiger partial charge on any atom is 0.243 e. The predicted octanol–water partition coefficient (Wildman–Crippen LogP) is 3.40. The van der Waals surface area contributed by atoms with Crippen LogP contribution >= 0.6 is 0 Å². The van der Waals surface area contributed by atoms with Crippen LogP contribution < -0.4 is 15.0 Å². The summed E-state index contributed by atoms with van der Waals surface area (Å²) in [6.07, 6.45) is 3.54. The molecular weight excluding hydrogens is 438 g/mol. The van der Waals surface area contributed by atoms with Gasteiger partial charge in [0.1, 0.15) is 5.75 Å². The number of carbonyl (C=O) groups excluding carboxylic acids is 1. The number of anilines is 1. The van der Waals surface area contributed by atoms with Gasteiger partial charge in [-0.05, 0) is 74.6 Å². The second kappa shape index (κ2) is 10.6. The third-order valence-corrected chi connectivity index (χ3v) is 8.38. The number of carbonyl (C=O) groups is 1. The second-order valence-electron chi connectivity index (χ2n) is 8.66. The molecular formula is C25H33N3O4S. The normalized spacial score (nSPS) is 17.8. The van der Waals surface area contributed by atoms with E-state index in [-0.39, 0.29) is 16.7 Å². The van der Waals surface area contributed by atoms with E-state index in [1.807, 2.05) is 6.92 Å². The van der Waals surface area contributed by atoms with Crippen LogP contribution in [-0.4, -0.2) is 51.4 Å². The summed E-state index contributed by atoms with van der Waals surface area (Å²) in [4.78, 5) is 15.3. The molecule has 2 fully saturated rings. The first kappa shape index (κ1) is 23.6. The van der Waals surface area contributed by atoms with Crippen LogP contribution in [0.15, 0.2) is 53.4 Å². The predicted molar refractivity (Wildman–Crippen MR) is 129 cm³/mol. The van der Waals surface area contributed by atoms with E-state index in [1.54, 1.807) is 24.3 Å². The van der Waals surface area contributed by atoms with Gasteiger partial charge in [0.15, 0.2) is 0 Å². The van der Waals surface area contributed by atoms with Crippen molar-refractivity contribution in [1.82, 2.24) is 9.62 Å². The van der Waals surface area contributed by atoms with Crippen molar-refractivity contribution in [2.24, 2.45) is 5.92 Å². The lowest BCUT2D eigenvalue weighted by molar-refractivity contribution is -0.126. The molecule has 0 aliphatic carbocycles. The third-order valence-electron chi connectivity index (χ3n) is 6.47. The topological polar surface area (TPSA) is 79.0 Å². The molecule has 2 aliphatic heterocycles. The lowest BCUT2D eigenvalue weighted by atomic mass is 9.97. The molecule has 0 spiro atoms. The van der Waals surface area contributed by atoms with Gasteiger partial charge in [-0.1, -0.05) is 12.1 Å². The molecule has 0 atom stereocenters. The lowest BCUT2D eigenvalue weighted by Crippen LogP contribution is -2.42. The fourth-order valence-electron chi connectivity index (χ4n) is 4.52. The summed E-state index contributed by atoms with van der Waals surface area (Å²) in [6.45, 7) is 5.83. The van der Waals surface area contributed by atoms with E-state index in [4.69, 9.17) is 4.74 Å².